The molecule has 0 aliphatic heterocycles. The minimum Gasteiger partial charge on any atom is -0.395 e. The first-order valence-electron chi connectivity index (χ1n) is 7.18. The molecule has 0 unspecified atom stereocenters. The van der Waals surface area contributed by atoms with E-state index in [9.17, 15) is 5.11 Å². The van der Waals surface area contributed by atoms with E-state index in [1.807, 2.05) is 0 Å². The Bertz CT molecular complexity index is 187. The van der Waals surface area contributed by atoms with Crippen LogP contribution in [0.5, 0.6) is 0 Å². The molecular weight excluding hydrogens is 236 g/mol. The van der Waals surface area contributed by atoms with Crippen LogP contribution in [-0.4, -0.2) is 28.3 Å². The van der Waals surface area contributed by atoms with Gasteiger partial charge in [-0.1, -0.05) is 51.4 Å². The first-order valence-corrected chi connectivity index (χ1v) is 7.62. The van der Waals surface area contributed by atoms with Gasteiger partial charge in [0.2, 0.25) is 0 Å². The van der Waals surface area contributed by atoms with Crippen LogP contribution in [-0.2, 0) is 0 Å². The van der Waals surface area contributed by atoms with Crippen molar-refractivity contribution < 1.29 is 10.2 Å². The molecule has 0 aromatic carbocycles. The van der Waals surface area contributed by atoms with Crippen molar-refractivity contribution in [2.24, 2.45) is 5.92 Å². The van der Waals surface area contributed by atoms with Crippen molar-refractivity contribution >= 4 is 11.6 Å². The Morgan fingerprint density at radius 2 is 1.35 bits per heavy atom. The quantitative estimate of drug-likeness (QED) is 0.748. The van der Waals surface area contributed by atoms with Crippen molar-refractivity contribution in [3.05, 3.63) is 0 Å². The summed E-state index contributed by atoms with van der Waals surface area (Å²) in [5.74, 6) is 0.0705. The number of hydrogen-bond acceptors (Lipinski definition) is 2. The lowest BCUT2D eigenvalue weighted by atomic mass is 9.88. The SMILES string of the molecule is OC[C@H](Cl)[C@H]1CCCCCCCCCC[C@@H]1O. The molecule has 0 heterocycles. The van der Waals surface area contributed by atoms with Crippen LogP contribution in [0.4, 0.5) is 0 Å². The first kappa shape index (κ1) is 15.3. The number of rotatable bonds is 2. The minimum atomic E-state index is -0.330. The summed E-state index contributed by atoms with van der Waals surface area (Å²) in [5.41, 5.74) is 0. The maximum atomic E-state index is 10.2. The summed E-state index contributed by atoms with van der Waals surface area (Å²) in [7, 11) is 0. The molecular formula is C14H27ClO2. The van der Waals surface area contributed by atoms with Gasteiger partial charge in [-0.25, -0.2) is 0 Å². The van der Waals surface area contributed by atoms with Gasteiger partial charge in [-0.15, -0.1) is 11.6 Å². The molecule has 0 radical (unpaired) electrons. The van der Waals surface area contributed by atoms with Gasteiger partial charge in [0.1, 0.15) is 0 Å². The van der Waals surface area contributed by atoms with Crippen molar-refractivity contribution in [3.8, 4) is 0 Å². The Kier molecular flexibility index (Phi) is 8.25. The van der Waals surface area contributed by atoms with E-state index in [0.29, 0.717) is 0 Å². The summed E-state index contributed by atoms with van der Waals surface area (Å²) >= 11 is 6.12. The molecule has 0 aromatic heterocycles. The highest BCUT2D eigenvalue weighted by Gasteiger charge is 2.25. The normalized spacial score (nSPS) is 31.2. The number of aliphatic hydroxyl groups is 2. The van der Waals surface area contributed by atoms with Crippen molar-refractivity contribution in [2.75, 3.05) is 6.61 Å². The highest BCUT2D eigenvalue weighted by atomic mass is 35.5. The lowest BCUT2D eigenvalue weighted by molar-refractivity contribution is 0.0753. The predicted molar refractivity (Wildman–Crippen MR) is 72.4 cm³/mol. The topological polar surface area (TPSA) is 40.5 Å². The van der Waals surface area contributed by atoms with Gasteiger partial charge in [-0.2, -0.15) is 0 Å². The Morgan fingerprint density at radius 3 is 1.88 bits per heavy atom. The van der Waals surface area contributed by atoms with Crippen LogP contribution >= 0.6 is 11.6 Å². The third-order valence-electron chi connectivity index (χ3n) is 3.92. The van der Waals surface area contributed by atoms with E-state index < -0.39 is 0 Å². The van der Waals surface area contributed by atoms with Crippen LogP contribution in [0.2, 0.25) is 0 Å². The molecule has 17 heavy (non-hydrogen) atoms. The van der Waals surface area contributed by atoms with Gasteiger partial charge < -0.3 is 10.2 Å². The zero-order valence-electron chi connectivity index (χ0n) is 10.8. The van der Waals surface area contributed by atoms with Crippen molar-refractivity contribution in [3.63, 3.8) is 0 Å². The van der Waals surface area contributed by atoms with Gasteiger partial charge in [0.15, 0.2) is 0 Å². The van der Waals surface area contributed by atoms with Crippen LogP contribution in [0.25, 0.3) is 0 Å². The molecule has 3 heteroatoms. The van der Waals surface area contributed by atoms with Crippen LogP contribution in [0.1, 0.15) is 64.2 Å². The van der Waals surface area contributed by atoms with E-state index in [-0.39, 0.29) is 24.0 Å². The molecule has 2 nitrogen and oxygen atoms in total. The molecule has 0 spiro atoms. The third-order valence-corrected chi connectivity index (χ3v) is 4.38. The summed E-state index contributed by atoms with van der Waals surface area (Å²) in [6.07, 6.45) is 11.4. The smallest absolute Gasteiger partial charge is 0.0619 e. The fraction of sp³-hybridized carbons (Fsp3) is 1.00. The number of halogens is 1. The third kappa shape index (κ3) is 6.08. The van der Waals surface area contributed by atoms with Gasteiger partial charge in [0.25, 0.3) is 0 Å². The Morgan fingerprint density at radius 1 is 0.882 bits per heavy atom. The van der Waals surface area contributed by atoms with Gasteiger partial charge in [0.05, 0.1) is 18.1 Å². The fourth-order valence-electron chi connectivity index (χ4n) is 2.76. The molecule has 3 atom stereocenters. The second-order valence-corrected chi connectivity index (χ2v) is 5.90. The minimum absolute atomic E-state index is 0.0245. The van der Waals surface area contributed by atoms with Gasteiger partial charge >= 0.3 is 0 Å². The molecule has 1 saturated carbocycles. The summed E-state index contributed by atoms with van der Waals surface area (Å²) in [4.78, 5) is 0. The average molecular weight is 263 g/mol. The molecule has 102 valence electrons. The van der Waals surface area contributed by atoms with Crippen LogP contribution in [0, 0.1) is 5.92 Å². The largest absolute Gasteiger partial charge is 0.395 e. The highest BCUT2D eigenvalue weighted by molar-refractivity contribution is 6.20. The summed E-state index contributed by atoms with van der Waals surface area (Å²) in [6.45, 7) is -0.0245. The Labute approximate surface area is 110 Å². The van der Waals surface area contributed by atoms with Crippen molar-refractivity contribution in [1.82, 2.24) is 0 Å². The predicted octanol–water partition coefficient (Wildman–Crippen LogP) is 3.48. The summed E-state index contributed by atoms with van der Waals surface area (Å²) in [6, 6.07) is 0. The van der Waals surface area contributed by atoms with Gasteiger partial charge in [0, 0.05) is 5.92 Å². The monoisotopic (exact) mass is 262 g/mol. The Hall–Kier alpha value is 0.210. The van der Waals surface area contributed by atoms with E-state index in [4.69, 9.17) is 16.7 Å². The second kappa shape index (κ2) is 9.18. The van der Waals surface area contributed by atoms with Gasteiger partial charge in [-0.05, 0) is 12.8 Å². The van der Waals surface area contributed by atoms with E-state index in [1.165, 1.54) is 38.5 Å². The standard InChI is InChI=1S/C14H27ClO2/c15-13(11-16)12-9-7-5-3-1-2-4-6-8-10-14(12)17/h12-14,16-17H,1-11H2/t12-,13+,14+/m1/s1. The maximum Gasteiger partial charge on any atom is 0.0619 e. The van der Waals surface area contributed by atoms with Crippen LogP contribution < -0.4 is 0 Å². The zero-order chi connectivity index (χ0) is 12.5. The van der Waals surface area contributed by atoms with Crippen molar-refractivity contribution in [1.29, 1.82) is 0 Å². The van der Waals surface area contributed by atoms with Crippen LogP contribution in [0.15, 0.2) is 0 Å². The molecule has 0 amide bonds. The number of hydrogen-bond donors (Lipinski definition) is 2. The zero-order valence-corrected chi connectivity index (χ0v) is 11.5. The summed E-state index contributed by atoms with van der Waals surface area (Å²) in [5, 5.41) is 19.0. The highest BCUT2D eigenvalue weighted by Crippen LogP contribution is 2.26. The van der Waals surface area contributed by atoms with Crippen LogP contribution in [0.3, 0.4) is 0 Å². The van der Waals surface area contributed by atoms with Gasteiger partial charge in [-0.3, -0.25) is 0 Å². The Balaban J connectivity index is 2.45. The lowest BCUT2D eigenvalue weighted by Crippen LogP contribution is -2.31. The molecule has 0 bridgehead atoms. The maximum absolute atomic E-state index is 10.2. The average Bonchev–Trinajstić information content (AvgIpc) is 2.33. The van der Waals surface area contributed by atoms with Crippen molar-refractivity contribution in [2.45, 2.75) is 75.7 Å². The molecule has 1 aliphatic rings. The molecule has 2 N–H and O–H groups in total. The molecule has 1 rings (SSSR count). The van der Waals surface area contributed by atoms with E-state index in [0.717, 1.165) is 25.7 Å². The fourth-order valence-corrected chi connectivity index (χ4v) is 3.05. The van der Waals surface area contributed by atoms with E-state index in [1.54, 1.807) is 0 Å². The molecule has 1 fully saturated rings. The van der Waals surface area contributed by atoms with E-state index >= 15 is 0 Å². The number of aliphatic hydroxyl groups excluding tert-OH is 2. The summed E-state index contributed by atoms with van der Waals surface area (Å²) < 4.78 is 0. The number of alkyl halides is 1. The first-order chi connectivity index (χ1) is 8.25. The molecule has 0 aromatic rings. The second-order valence-electron chi connectivity index (χ2n) is 5.34. The molecule has 0 saturated heterocycles. The lowest BCUT2D eigenvalue weighted by Gasteiger charge is -2.26. The van der Waals surface area contributed by atoms with E-state index in [2.05, 4.69) is 0 Å². The molecule has 1 aliphatic carbocycles.